The number of benzene rings is 4. The summed E-state index contributed by atoms with van der Waals surface area (Å²) in [6.45, 7) is 0. The van der Waals surface area contributed by atoms with E-state index < -0.39 is 106 Å². The number of hydrogen-bond acceptors (Lipinski definition) is 11. The Bertz CT molecular complexity index is 2160. The summed E-state index contributed by atoms with van der Waals surface area (Å²) in [6, 6.07) is 9.71. The summed E-state index contributed by atoms with van der Waals surface area (Å²) in [6.07, 6.45) is -8.61. The van der Waals surface area contributed by atoms with Gasteiger partial charge in [0.25, 0.3) is 0 Å². The van der Waals surface area contributed by atoms with Crippen LogP contribution in [0.3, 0.4) is 0 Å². The van der Waals surface area contributed by atoms with E-state index in [0.717, 1.165) is 48.5 Å². The highest BCUT2D eigenvalue weighted by Crippen LogP contribution is 2.52. The minimum absolute atomic E-state index is 0.278. The number of hydrogen-bond donors (Lipinski definition) is 0. The highest BCUT2D eigenvalue weighted by molar-refractivity contribution is 7.88. The molecule has 276 valence electrons. The number of fused-ring (bicyclic) bond motifs is 2. The molecule has 23 heteroatoms. The Morgan fingerprint density at radius 3 is 1.15 bits per heavy atom. The molecule has 0 saturated carbocycles. The second-order valence-electron chi connectivity index (χ2n) is 10.3. The molecule has 0 aromatic heterocycles. The van der Waals surface area contributed by atoms with E-state index in [1.54, 1.807) is 0 Å². The van der Waals surface area contributed by atoms with Crippen LogP contribution in [0.2, 0.25) is 0 Å². The van der Waals surface area contributed by atoms with Gasteiger partial charge < -0.3 is 27.3 Å². The summed E-state index contributed by atoms with van der Waals surface area (Å²) in [5, 5.41) is 0. The molecule has 52 heavy (non-hydrogen) atoms. The number of ether oxygens (including phenoxy) is 4. The predicted molar refractivity (Wildman–Crippen MR) is 151 cm³/mol. The molecule has 0 spiro atoms. The molecule has 0 N–H and O–H groups in total. The second-order valence-corrected chi connectivity index (χ2v) is 13.4. The summed E-state index contributed by atoms with van der Waals surface area (Å²) in [5.41, 5.74) is -14.4. The molecule has 0 fully saturated rings. The maximum absolute atomic E-state index is 14.3. The van der Waals surface area contributed by atoms with Gasteiger partial charge in [-0.1, -0.05) is 24.3 Å². The van der Waals surface area contributed by atoms with E-state index in [2.05, 4.69) is 27.3 Å². The van der Waals surface area contributed by atoms with Crippen molar-refractivity contribution >= 4 is 26.0 Å². The Labute approximate surface area is 283 Å². The lowest BCUT2D eigenvalue weighted by Crippen LogP contribution is -2.28. The van der Waals surface area contributed by atoms with Crippen molar-refractivity contribution in [1.82, 2.24) is 0 Å². The fourth-order valence-electron chi connectivity index (χ4n) is 4.82. The van der Waals surface area contributed by atoms with Gasteiger partial charge in [-0.2, -0.15) is 43.2 Å². The molecule has 4 aromatic rings. The predicted octanol–water partition coefficient (Wildman–Crippen LogP) is 7.35. The van der Waals surface area contributed by atoms with E-state index in [9.17, 15) is 65.5 Å². The fourth-order valence-corrected chi connectivity index (χ4v) is 5.74. The van der Waals surface area contributed by atoms with Crippen LogP contribution in [0.15, 0.2) is 72.8 Å². The summed E-state index contributed by atoms with van der Waals surface area (Å²) >= 11 is 0. The van der Waals surface area contributed by atoms with Crippen molar-refractivity contribution in [2.24, 2.45) is 0 Å². The Kier molecular flexibility index (Phi) is 8.24. The van der Waals surface area contributed by atoms with Crippen molar-refractivity contribution < 1.29 is 92.8 Å². The van der Waals surface area contributed by atoms with E-state index in [0.29, 0.717) is 24.3 Å². The monoisotopic (exact) mass is 790 g/mol. The van der Waals surface area contributed by atoms with Crippen molar-refractivity contribution in [1.29, 1.82) is 0 Å². The van der Waals surface area contributed by atoms with Crippen LogP contribution < -0.4 is 27.3 Å². The van der Waals surface area contributed by atoms with Crippen molar-refractivity contribution in [2.75, 3.05) is 0 Å². The van der Waals surface area contributed by atoms with Crippen LogP contribution >= 0.6 is 0 Å². The van der Waals surface area contributed by atoms with E-state index in [1.807, 2.05) is 0 Å². The van der Waals surface area contributed by atoms with Gasteiger partial charge in [-0.05, 0) is 59.7 Å². The number of carbonyl (C=O) groups excluding carboxylic acids is 1. The van der Waals surface area contributed by atoms with E-state index >= 15 is 0 Å². The van der Waals surface area contributed by atoms with E-state index in [1.165, 1.54) is 0 Å². The van der Waals surface area contributed by atoms with Crippen molar-refractivity contribution in [3.63, 3.8) is 0 Å². The smallest absolute Gasteiger partial charge is 0.395 e. The van der Waals surface area contributed by atoms with Crippen molar-refractivity contribution in [3.8, 4) is 56.8 Å². The van der Waals surface area contributed by atoms with Gasteiger partial charge in [0.05, 0.1) is 0 Å². The number of ketones is 1. The van der Waals surface area contributed by atoms with Crippen molar-refractivity contribution in [3.05, 3.63) is 83.9 Å². The van der Waals surface area contributed by atoms with Gasteiger partial charge in [-0.3, -0.25) is 4.79 Å². The highest BCUT2D eigenvalue weighted by atomic mass is 32.2. The fraction of sp³-hybridized carbons (Fsp3) is 0.138. The van der Waals surface area contributed by atoms with Crippen LogP contribution in [-0.2, 0) is 20.2 Å². The van der Waals surface area contributed by atoms with Gasteiger partial charge in [0.1, 0.15) is 11.5 Å². The summed E-state index contributed by atoms with van der Waals surface area (Å²) in [4.78, 5) is 14.3. The molecule has 0 radical (unpaired) electrons. The lowest BCUT2D eigenvalue weighted by atomic mass is 9.88. The zero-order valence-corrected chi connectivity index (χ0v) is 26.1. The SMILES string of the molecule is O=C(c1ccc2c(c1-c1ccc(OS(=O)(=O)C(F)(F)F)cc1)OC(F)(F)O2)c1ccc2c(c1-c1ccc(OS(=O)(=O)C(F)(F)F)cc1)OC(F)(F)O2. The summed E-state index contributed by atoms with van der Waals surface area (Å²) in [7, 11) is -12.3. The Hall–Kier alpha value is -5.45. The summed E-state index contributed by atoms with van der Waals surface area (Å²) < 4.78 is 206. The number of alkyl halides is 10. The summed E-state index contributed by atoms with van der Waals surface area (Å²) in [5.74, 6) is -5.84. The number of carbonyl (C=O) groups is 1. The third-order valence-corrected chi connectivity index (χ3v) is 8.85. The first-order valence-corrected chi connectivity index (χ1v) is 16.3. The number of rotatable bonds is 8. The largest absolute Gasteiger partial charge is 0.586 e. The average Bonchev–Trinajstić information content (AvgIpc) is 3.51. The van der Waals surface area contributed by atoms with Gasteiger partial charge in [-0.15, -0.1) is 17.6 Å². The van der Waals surface area contributed by atoms with Crippen LogP contribution in [0, 0.1) is 0 Å². The van der Waals surface area contributed by atoms with Crippen molar-refractivity contribution in [2.45, 2.75) is 23.6 Å². The molecular formula is C29H12F10O11S2. The minimum atomic E-state index is -6.13. The molecule has 4 aromatic carbocycles. The zero-order chi connectivity index (χ0) is 38.2. The first-order valence-electron chi connectivity index (χ1n) is 13.5. The van der Waals surface area contributed by atoms with Gasteiger partial charge in [0.2, 0.25) is 0 Å². The topological polar surface area (TPSA) is 141 Å². The third-order valence-electron chi connectivity index (χ3n) is 6.90. The second kappa shape index (κ2) is 11.8. The molecular weight excluding hydrogens is 778 g/mol. The van der Waals surface area contributed by atoms with Gasteiger partial charge in [-0.25, -0.2) is 0 Å². The zero-order valence-electron chi connectivity index (χ0n) is 24.5. The van der Waals surface area contributed by atoms with Crippen LogP contribution in [-0.4, -0.2) is 46.2 Å². The highest BCUT2D eigenvalue weighted by Gasteiger charge is 2.50. The first-order chi connectivity index (χ1) is 23.9. The van der Waals surface area contributed by atoms with Crippen LogP contribution in [0.5, 0.6) is 34.5 Å². The average molecular weight is 791 g/mol. The van der Waals surface area contributed by atoms with Gasteiger partial charge in [0.15, 0.2) is 28.8 Å². The molecule has 0 bridgehead atoms. The maximum atomic E-state index is 14.3. The molecule has 0 amide bonds. The van der Waals surface area contributed by atoms with Gasteiger partial charge in [0, 0.05) is 22.3 Å². The van der Waals surface area contributed by atoms with Gasteiger partial charge >= 0.3 is 43.8 Å². The lowest BCUT2D eigenvalue weighted by Gasteiger charge is -2.16. The molecule has 0 atom stereocenters. The normalized spacial score (nSPS) is 16.0. The maximum Gasteiger partial charge on any atom is 0.586 e. The molecule has 11 nitrogen and oxygen atoms in total. The molecule has 0 aliphatic carbocycles. The van der Waals surface area contributed by atoms with Crippen LogP contribution in [0.1, 0.15) is 15.9 Å². The molecule has 0 saturated heterocycles. The standard InChI is InChI=1S/C29H12F10O11S2/c30-26(31,32)51(41,42)49-15-5-1-13(2-6-15)21-17(9-11-19-24(21)47-28(36,37)45-19)23(40)18-10-12-20-25(48-29(38,39)46-20)22(18)14-3-7-16(8-4-14)50-52(43,44)27(33,34)35/h1-12H. The Morgan fingerprint density at radius 2 is 0.846 bits per heavy atom. The molecule has 2 aliphatic heterocycles. The Balaban J connectivity index is 1.48. The molecule has 6 rings (SSSR count). The molecule has 2 aliphatic rings. The third kappa shape index (κ3) is 6.67. The first kappa shape index (κ1) is 36.3. The minimum Gasteiger partial charge on any atom is -0.395 e. The lowest BCUT2D eigenvalue weighted by molar-refractivity contribution is -0.287. The van der Waals surface area contributed by atoms with Crippen LogP contribution in [0.4, 0.5) is 43.9 Å². The van der Waals surface area contributed by atoms with E-state index in [-0.39, 0.29) is 11.1 Å². The Morgan fingerprint density at radius 1 is 0.519 bits per heavy atom. The molecule has 0 unspecified atom stereocenters. The van der Waals surface area contributed by atoms with E-state index in [4.69, 9.17) is 0 Å². The molecule has 2 heterocycles. The number of halogens is 10. The quantitative estimate of drug-likeness (QED) is 0.0766. The van der Waals surface area contributed by atoms with Crippen LogP contribution in [0.25, 0.3) is 22.3 Å².